The molecule has 2 atom stereocenters. The second-order valence-electron chi connectivity index (χ2n) is 5.24. The molecule has 0 N–H and O–H groups in total. The molecule has 0 spiro atoms. The van der Waals surface area contributed by atoms with E-state index in [1.54, 1.807) is 6.07 Å². The molecule has 0 aromatic heterocycles. The minimum atomic E-state index is -0.302. The van der Waals surface area contributed by atoms with Gasteiger partial charge < -0.3 is 4.90 Å². The Morgan fingerprint density at radius 2 is 1.94 bits per heavy atom. The normalized spacial score (nSPS) is 24.1. The van der Waals surface area contributed by atoms with Crippen molar-refractivity contribution in [2.45, 2.75) is 20.3 Å². The molecule has 0 bridgehead atoms. The number of piperidine rings is 1. The maximum absolute atomic E-state index is 11.1. The minimum absolute atomic E-state index is 0.186. The van der Waals surface area contributed by atoms with Gasteiger partial charge in [-0.15, -0.1) is 0 Å². The molecule has 4 nitrogen and oxygen atoms in total. The van der Waals surface area contributed by atoms with Gasteiger partial charge >= 0.3 is 0 Å². The van der Waals surface area contributed by atoms with Crippen LogP contribution >= 0.6 is 15.9 Å². The third-order valence-electron chi connectivity index (χ3n) is 3.34. The van der Waals surface area contributed by atoms with Crippen LogP contribution in [0.4, 0.5) is 11.4 Å². The molecule has 1 saturated heterocycles. The lowest BCUT2D eigenvalue weighted by atomic mass is 9.91. The first kappa shape index (κ1) is 13.3. The second kappa shape index (κ2) is 5.26. The fourth-order valence-corrected chi connectivity index (χ4v) is 3.12. The number of benzene rings is 1. The summed E-state index contributed by atoms with van der Waals surface area (Å²) in [6, 6.07) is 5.29. The molecule has 1 fully saturated rings. The number of rotatable bonds is 2. The topological polar surface area (TPSA) is 46.4 Å². The minimum Gasteiger partial charge on any atom is -0.365 e. The highest BCUT2D eigenvalue weighted by Crippen LogP contribution is 2.34. The number of hydrogen-bond acceptors (Lipinski definition) is 3. The van der Waals surface area contributed by atoms with Crippen LogP contribution in [0.15, 0.2) is 22.7 Å². The summed E-state index contributed by atoms with van der Waals surface area (Å²) in [5.74, 6) is 1.16. The summed E-state index contributed by atoms with van der Waals surface area (Å²) >= 11 is 3.29. The van der Waals surface area contributed by atoms with E-state index in [9.17, 15) is 10.1 Å². The Bertz CT molecular complexity index is 454. The van der Waals surface area contributed by atoms with E-state index in [1.807, 2.05) is 12.1 Å². The van der Waals surface area contributed by atoms with Crippen molar-refractivity contribution in [2.75, 3.05) is 18.0 Å². The van der Waals surface area contributed by atoms with Crippen LogP contribution in [0.5, 0.6) is 0 Å². The first-order valence-corrected chi connectivity index (χ1v) is 6.95. The lowest BCUT2D eigenvalue weighted by Crippen LogP contribution is -2.39. The molecule has 2 unspecified atom stereocenters. The molecule has 1 aliphatic rings. The molecule has 1 aliphatic heterocycles. The van der Waals surface area contributed by atoms with Crippen molar-refractivity contribution in [3.63, 3.8) is 0 Å². The smallest absolute Gasteiger partial charge is 0.293 e. The average Bonchev–Trinajstić information content (AvgIpc) is 2.27. The fraction of sp³-hybridized carbons (Fsp3) is 0.538. The van der Waals surface area contributed by atoms with E-state index in [2.05, 4.69) is 34.7 Å². The molecule has 0 saturated carbocycles. The average molecular weight is 313 g/mol. The predicted molar refractivity (Wildman–Crippen MR) is 76.0 cm³/mol. The highest BCUT2D eigenvalue weighted by molar-refractivity contribution is 9.10. The van der Waals surface area contributed by atoms with Crippen LogP contribution < -0.4 is 4.90 Å². The van der Waals surface area contributed by atoms with Crippen molar-refractivity contribution in [3.8, 4) is 0 Å². The van der Waals surface area contributed by atoms with Gasteiger partial charge in [0.2, 0.25) is 0 Å². The number of nitro groups is 1. The molecule has 98 valence electrons. The van der Waals surface area contributed by atoms with Gasteiger partial charge in [0.1, 0.15) is 5.69 Å². The molecule has 18 heavy (non-hydrogen) atoms. The van der Waals surface area contributed by atoms with E-state index in [4.69, 9.17) is 0 Å². The van der Waals surface area contributed by atoms with Crippen LogP contribution in [0, 0.1) is 22.0 Å². The Morgan fingerprint density at radius 3 is 2.50 bits per heavy atom. The summed E-state index contributed by atoms with van der Waals surface area (Å²) in [4.78, 5) is 13.0. The highest BCUT2D eigenvalue weighted by atomic mass is 79.9. The number of anilines is 1. The maximum atomic E-state index is 11.1. The van der Waals surface area contributed by atoms with E-state index < -0.39 is 0 Å². The summed E-state index contributed by atoms with van der Waals surface area (Å²) < 4.78 is 0.746. The van der Waals surface area contributed by atoms with E-state index in [0.29, 0.717) is 11.8 Å². The van der Waals surface area contributed by atoms with Gasteiger partial charge in [0.25, 0.3) is 5.69 Å². The molecule has 1 heterocycles. The summed E-state index contributed by atoms with van der Waals surface area (Å²) in [6.07, 6.45) is 1.20. The summed E-state index contributed by atoms with van der Waals surface area (Å²) in [6.45, 7) is 6.19. The zero-order valence-electron chi connectivity index (χ0n) is 10.6. The highest BCUT2D eigenvalue weighted by Gasteiger charge is 2.26. The molecular weight excluding hydrogens is 296 g/mol. The van der Waals surface area contributed by atoms with E-state index in [0.717, 1.165) is 23.2 Å². The summed E-state index contributed by atoms with van der Waals surface area (Å²) in [5.41, 5.74) is 0.923. The number of nitrogens with zero attached hydrogens (tertiary/aromatic N) is 2. The molecule has 1 aromatic rings. The first-order chi connectivity index (χ1) is 8.47. The van der Waals surface area contributed by atoms with Crippen LogP contribution in [0.1, 0.15) is 20.3 Å². The molecule has 2 rings (SSSR count). The Labute approximate surface area is 115 Å². The van der Waals surface area contributed by atoms with Crippen LogP contribution in [0.25, 0.3) is 0 Å². The van der Waals surface area contributed by atoms with Gasteiger partial charge in [-0.25, -0.2) is 0 Å². The lowest BCUT2D eigenvalue weighted by Gasteiger charge is -2.36. The van der Waals surface area contributed by atoms with E-state index in [1.165, 1.54) is 6.42 Å². The Morgan fingerprint density at radius 1 is 1.33 bits per heavy atom. The molecule has 0 amide bonds. The van der Waals surface area contributed by atoms with Crippen molar-refractivity contribution < 1.29 is 4.92 Å². The number of hydrogen-bond donors (Lipinski definition) is 0. The molecule has 1 aromatic carbocycles. The van der Waals surface area contributed by atoms with Crippen molar-refractivity contribution in [2.24, 2.45) is 11.8 Å². The van der Waals surface area contributed by atoms with Gasteiger partial charge in [-0.1, -0.05) is 29.8 Å². The predicted octanol–water partition coefficient (Wildman–Crippen LogP) is 3.84. The third-order valence-corrected chi connectivity index (χ3v) is 3.84. The van der Waals surface area contributed by atoms with Crippen LogP contribution in [-0.4, -0.2) is 18.0 Å². The monoisotopic (exact) mass is 312 g/mol. The second-order valence-corrected chi connectivity index (χ2v) is 6.16. The molecule has 5 heteroatoms. The van der Waals surface area contributed by atoms with Crippen molar-refractivity contribution >= 4 is 27.3 Å². The first-order valence-electron chi connectivity index (χ1n) is 6.16. The number of nitro benzene ring substituents is 1. The van der Waals surface area contributed by atoms with Gasteiger partial charge in [0.15, 0.2) is 0 Å². The van der Waals surface area contributed by atoms with Crippen molar-refractivity contribution in [3.05, 3.63) is 32.8 Å². The molecule has 0 radical (unpaired) electrons. The zero-order chi connectivity index (χ0) is 13.3. The maximum Gasteiger partial charge on any atom is 0.293 e. The van der Waals surface area contributed by atoms with Gasteiger partial charge in [0, 0.05) is 23.6 Å². The van der Waals surface area contributed by atoms with Gasteiger partial charge in [-0.3, -0.25) is 10.1 Å². The standard InChI is InChI=1S/C13H17BrN2O2/c1-9-5-10(2)8-15(7-9)12-4-3-11(14)6-13(12)16(17)18/h3-4,6,9-10H,5,7-8H2,1-2H3. The van der Waals surface area contributed by atoms with Gasteiger partial charge in [-0.2, -0.15) is 0 Å². The van der Waals surface area contributed by atoms with E-state index in [-0.39, 0.29) is 10.6 Å². The number of halogens is 1. The summed E-state index contributed by atoms with van der Waals surface area (Å²) in [7, 11) is 0. The summed E-state index contributed by atoms with van der Waals surface area (Å²) in [5, 5.41) is 11.1. The Hall–Kier alpha value is -1.10. The SMILES string of the molecule is CC1CC(C)CN(c2ccc(Br)cc2[N+](=O)[O-])C1. The van der Waals surface area contributed by atoms with Crippen LogP contribution in [-0.2, 0) is 0 Å². The van der Waals surface area contributed by atoms with Crippen LogP contribution in [0.2, 0.25) is 0 Å². The molecular formula is C13H17BrN2O2. The quantitative estimate of drug-likeness (QED) is 0.615. The molecule has 0 aliphatic carbocycles. The largest absolute Gasteiger partial charge is 0.365 e. The lowest BCUT2D eigenvalue weighted by molar-refractivity contribution is -0.384. The van der Waals surface area contributed by atoms with Crippen molar-refractivity contribution in [1.82, 2.24) is 0 Å². The van der Waals surface area contributed by atoms with Gasteiger partial charge in [-0.05, 0) is 30.4 Å². The third kappa shape index (κ3) is 2.83. The van der Waals surface area contributed by atoms with Crippen LogP contribution in [0.3, 0.4) is 0 Å². The fourth-order valence-electron chi connectivity index (χ4n) is 2.77. The van der Waals surface area contributed by atoms with Gasteiger partial charge in [0.05, 0.1) is 4.92 Å². The Balaban J connectivity index is 2.35. The van der Waals surface area contributed by atoms with Crippen molar-refractivity contribution in [1.29, 1.82) is 0 Å². The zero-order valence-corrected chi connectivity index (χ0v) is 12.2. The Kier molecular flexibility index (Phi) is 3.90. The van der Waals surface area contributed by atoms with E-state index >= 15 is 0 Å².